The molecule has 0 aliphatic heterocycles. The van der Waals surface area contributed by atoms with E-state index in [1.165, 1.54) is 35.0 Å². The van der Waals surface area contributed by atoms with E-state index in [1.54, 1.807) is 11.3 Å². The van der Waals surface area contributed by atoms with E-state index in [0.29, 0.717) is 11.5 Å². The van der Waals surface area contributed by atoms with Gasteiger partial charge in [0, 0.05) is 10.6 Å². The molecule has 4 nitrogen and oxygen atoms in total. The Morgan fingerprint density at radius 2 is 2.22 bits per heavy atom. The third-order valence-corrected chi connectivity index (χ3v) is 5.09. The minimum atomic E-state index is -0.0428. The number of hydrogen-bond donors (Lipinski definition) is 3. The standard InChI is InChI=1S/C12H18N2O2S2/c13-11-8-3-1-2-4-9(8)18-12(11)14-10(16)7-17-6-5-15/h15H,1-7,13H2,(H,14,16). The number of nitrogen functional groups attached to an aromatic ring is 1. The highest BCUT2D eigenvalue weighted by atomic mass is 32.2. The molecule has 1 aromatic rings. The van der Waals surface area contributed by atoms with Crippen molar-refractivity contribution in [1.29, 1.82) is 0 Å². The number of amides is 1. The minimum Gasteiger partial charge on any atom is -0.396 e. The third kappa shape index (κ3) is 3.18. The second kappa shape index (κ2) is 6.45. The zero-order valence-corrected chi connectivity index (χ0v) is 11.8. The number of aliphatic hydroxyl groups excluding tert-OH is 1. The summed E-state index contributed by atoms with van der Waals surface area (Å²) in [6.07, 6.45) is 4.52. The Kier molecular flexibility index (Phi) is 4.91. The van der Waals surface area contributed by atoms with Gasteiger partial charge in [-0.15, -0.1) is 23.1 Å². The SMILES string of the molecule is Nc1c(NC(=O)CSCCO)sc2c1CCCC2. The lowest BCUT2D eigenvalue weighted by molar-refractivity contribution is -0.113. The summed E-state index contributed by atoms with van der Waals surface area (Å²) in [4.78, 5) is 13.0. The van der Waals surface area contributed by atoms with Crippen molar-refractivity contribution in [2.75, 3.05) is 29.2 Å². The van der Waals surface area contributed by atoms with Crippen LogP contribution in [0, 0.1) is 0 Å². The van der Waals surface area contributed by atoms with Gasteiger partial charge in [-0.3, -0.25) is 4.79 Å². The van der Waals surface area contributed by atoms with Crippen molar-refractivity contribution in [3.05, 3.63) is 10.4 Å². The van der Waals surface area contributed by atoms with E-state index in [-0.39, 0.29) is 12.5 Å². The predicted octanol–water partition coefficient (Wildman–Crippen LogP) is 1.87. The maximum absolute atomic E-state index is 11.7. The van der Waals surface area contributed by atoms with Crippen LogP contribution in [0.1, 0.15) is 23.3 Å². The zero-order chi connectivity index (χ0) is 13.0. The van der Waals surface area contributed by atoms with Gasteiger partial charge in [0.05, 0.1) is 18.0 Å². The van der Waals surface area contributed by atoms with Crippen molar-refractivity contribution in [1.82, 2.24) is 0 Å². The average molecular weight is 286 g/mol. The van der Waals surface area contributed by atoms with Gasteiger partial charge in [-0.05, 0) is 31.2 Å². The predicted molar refractivity (Wildman–Crippen MR) is 78.4 cm³/mol. The number of fused-ring (bicyclic) bond motifs is 1. The molecule has 0 unspecified atom stereocenters. The molecule has 0 aromatic carbocycles. The van der Waals surface area contributed by atoms with E-state index in [4.69, 9.17) is 10.8 Å². The maximum atomic E-state index is 11.7. The molecule has 1 aromatic heterocycles. The molecule has 1 heterocycles. The molecule has 0 radical (unpaired) electrons. The Balaban J connectivity index is 1.97. The number of thiophene rings is 1. The highest BCUT2D eigenvalue weighted by Gasteiger charge is 2.19. The van der Waals surface area contributed by atoms with Crippen LogP contribution in [0.5, 0.6) is 0 Å². The number of aryl methyl sites for hydroxylation is 1. The summed E-state index contributed by atoms with van der Waals surface area (Å²) in [5.74, 6) is 0.908. The van der Waals surface area contributed by atoms with Crippen molar-refractivity contribution in [3.8, 4) is 0 Å². The molecule has 0 saturated carbocycles. The first-order chi connectivity index (χ1) is 8.72. The topological polar surface area (TPSA) is 75.3 Å². The van der Waals surface area contributed by atoms with Gasteiger partial charge in [0.25, 0.3) is 0 Å². The van der Waals surface area contributed by atoms with E-state index < -0.39 is 0 Å². The van der Waals surface area contributed by atoms with Crippen molar-refractivity contribution in [2.24, 2.45) is 0 Å². The number of aliphatic hydroxyl groups is 1. The van der Waals surface area contributed by atoms with Crippen molar-refractivity contribution in [2.45, 2.75) is 25.7 Å². The van der Waals surface area contributed by atoms with Gasteiger partial charge in [0.2, 0.25) is 5.91 Å². The van der Waals surface area contributed by atoms with Crippen LogP contribution in [0.3, 0.4) is 0 Å². The van der Waals surface area contributed by atoms with Gasteiger partial charge >= 0.3 is 0 Å². The van der Waals surface area contributed by atoms with Crippen LogP contribution in [0.4, 0.5) is 10.7 Å². The quantitative estimate of drug-likeness (QED) is 0.722. The molecule has 6 heteroatoms. The molecule has 2 rings (SSSR count). The number of rotatable bonds is 5. The highest BCUT2D eigenvalue weighted by Crippen LogP contribution is 2.40. The molecule has 4 N–H and O–H groups in total. The van der Waals surface area contributed by atoms with Crippen LogP contribution in [0.15, 0.2) is 0 Å². The second-order valence-electron chi connectivity index (χ2n) is 4.28. The Labute approximate surface area is 115 Å². The number of thioether (sulfide) groups is 1. The van der Waals surface area contributed by atoms with E-state index in [0.717, 1.165) is 23.5 Å². The lowest BCUT2D eigenvalue weighted by Gasteiger charge is -2.10. The second-order valence-corrected chi connectivity index (χ2v) is 6.49. The Morgan fingerprint density at radius 1 is 1.44 bits per heavy atom. The Hall–Kier alpha value is -0.720. The van der Waals surface area contributed by atoms with Gasteiger partial charge in [-0.1, -0.05) is 0 Å². The number of hydrogen-bond acceptors (Lipinski definition) is 5. The number of nitrogens with two attached hydrogens (primary N) is 1. The van der Waals surface area contributed by atoms with Crippen molar-refractivity contribution < 1.29 is 9.90 Å². The number of carbonyl (C=O) groups is 1. The summed E-state index contributed by atoms with van der Waals surface area (Å²) < 4.78 is 0. The minimum absolute atomic E-state index is 0.0428. The fraction of sp³-hybridized carbons (Fsp3) is 0.583. The van der Waals surface area contributed by atoms with E-state index >= 15 is 0 Å². The molecule has 100 valence electrons. The molecule has 1 aliphatic carbocycles. The van der Waals surface area contributed by atoms with Crippen LogP contribution in [-0.4, -0.2) is 29.1 Å². The lowest BCUT2D eigenvalue weighted by atomic mass is 9.98. The van der Waals surface area contributed by atoms with E-state index in [9.17, 15) is 4.79 Å². The summed E-state index contributed by atoms with van der Waals surface area (Å²) in [6, 6.07) is 0. The molecular weight excluding hydrogens is 268 g/mol. The van der Waals surface area contributed by atoms with Gasteiger partial charge in [-0.2, -0.15) is 0 Å². The van der Waals surface area contributed by atoms with Crippen LogP contribution >= 0.6 is 23.1 Å². The summed E-state index contributed by atoms with van der Waals surface area (Å²) in [5.41, 5.74) is 8.08. The molecule has 0 atom stereocenters. The fourth-order valence-electron chi connectivity index (χ4n) is 2.08. The molecule has 0 saturated heterocycles. The summed E-state index contributed by atoms with van der Waals surface area (Å²) in [5, 5.41) is 12.3. The van der Waals surface area contributed by atoms with E-state index in [2.05, 4.69) is 5.32 Å². The maximum Gasteiger partial charge on any atom is 0.235 e. The third-order valence-electron chi connectivity index (χ3n) is 2.93. The first-order valence-corrected chi connectivity index (χ1v) is 8.08. The molecule has 0 spiro atoms. The number of anilines is 2. The number of nitrogens with one attached hydrogen (secondary N) is 1. The summed E-state index contributed by atoms with van der Waals surface area (Å²) in [6.45, 7) is 0.105. The van der Waals surface area contributed by atoms with Crippen molar-refractivity contribution >= 4 is 39.7 Å². The van der Waals surface area contributed by atoms with Crippen LogP contribution in [0.25, 0.3) is 0 Å². The van der Waals surface area contributed by atoms with Crippen LogP contribution < -0.4 is 11.1 Å². The normalized spacial score (nSPS) is 14.3. The van der Waals surface area contributed by atoms with Gasteiger partial charge < -0.3 is 16.2 Å². The monoisotopic (exact) mass is 286 g/mol. The van der Waals surface area contributed by atoms with Gasteiger partial charge in [0.1, 0.15) is 5.00 Å². The van der Waals surface area contributed by atoms with Crippen LogP contribution in [0.2, 0.25) is 0 Å². The molecule has 1 amide bonds. The molecular formula is C12H18N2O2S2. The van der Waals surface area contributed by atoms with Crippen LogP contribution in [-0.2, 0) is 17.6 Å². The molecule has 0 fully saturated rings. The smallest absolute Gasteiger partial charge is 0.235 e. The molecule has 1 aliphatic rings. The van der Waals surface area contributed by atoms with E-state index in [1.807, 2.05) is 0 Å². The summed E-state index contributed by atoms with van der Waals surface area (Å²) in [7, 11) is 0. The van der Waals surface area contributed by atoms with Gasteiger partial charge in [-0.25, -0.2) is 0 Å². The number of carbonyl (C=O) groups excluding carboxylic acids is 1. The largest absolute Gasteiger partial charge is 0.396 e. The first-order valence-electron chi connectivity index (χ1n) is 6.11. The zero-order valence-electron chi connectivity index (χ0n) is 10.2. The Bertz CT molecular complexity index is 432. The fourth-order valence-corrected chi connectivity index (χ4v) is 3.83. The van der Waals surface area contributed by atoms with Gasteiger partial charge in [0.15, 0.2) is 0 Å². The first kappa shape index (κ1) is 13.7. The van der Waals surface area contributed by atoms with Crippen molar-refractivity contribution in [3.63, 3.8) is 0 Å². The molecule has 18 heavy (non-hydrogen) atoms. The lowest BCUT2D eigenvalue weighted by Crippen LogP contribution is -2.14. The molecule has 0 bridgehead atoms. The average Bonchev–Trinajstić information content (AvgIpc) is 2.67. The highest BCUT2D eigenvalue weighted by molar-refractivity contribution is 7.99. The Morgan fingerprint density at radius 3 is 2.94 bits per heavy atom. The summed E-state index contributed by atoms with van der Waals surface area (Å²) >= 11 is 3.04.